The van der Waals surface area contributed by atoms with Gasteiger partial charge in [0.1, 0.15) is 11.0 Å². The Kier molecular flexibility index (Phi) is 24.3. The topological polar surface area (TPSA) is 262 Å². The maximum Gasteiger partial charge on any atom is 0.452 e. The number of benzene rings is 6. The molecule has 2 aliphatic rings. The number of fused-ring (bicyclic) bond motifs is 5. The average Bonchev–Trinajstić information content (AvgIpc) is 1.16. The number of aryl methyl sites for hydroxylation is 5. The Labute approximate surface area is 642 Å². The molecule has 10 heterocycles. The summed E-state index contributed by atoms with van der Waals surface area (Å²) < 4.78 is 121. The van der Waals surface area contributed by atoms with Crippen LogP contribution in [0.25, 0.3) is 70.5 Å². The van der Waals surface area contributed by atoms with Crippen LogP contribution in [-0.2, 0) is 31.6 Å². The molecule has 35 heteroatoms. The van der Waals surface area contributed by atoms with E-state index in [2.05, 4.69) is 75.9 Å². The third-order valence-corrected chi connectivity index (χ3v) is 17.9. The Morgan fingerprint density at radius 2 is 0.991 bits per heavy atom. The molecule has 0 aliphatic carbocycles. The molecular weight excluding hydrogens is 1510 g/mol. The van der Waals surface area contributed by atoms with Gasteiger partial charge in [0, 0.05) is 88.7 Å². The zero-order valence-corrected chi connectivity index (χ0v) is 61.9. The number of nitrogens with two attached hydrogens (primary N) is 1. The third kappa shape index (κ3) is 18.2. The Bertz CT molecular complexity index is 5920. The van der Waals surface area contributed by atoms with Crippen molar-refractivity contribution < 1.29 is 39.5 Å². The van der Waals surface area contributed by atoms with Crippen LogP contribution in [0.4, 0.5) is 62.4 Å². The summed E-state index contributed by atoms with van der Waals surface area (Å²) in [5.41, 5.74) is 13.5. The first-order valence-electron chi connectivity index (χ1n) is 33.9. The van der Waals surface area contributed by atoms with Crippen molar-refractivity contribution in [3.63, 3.8) is 0 Å². The third-order valence-electron chi connectivity index (χ3n) is 17.5. The van der Waals surface area contributed by atoms with E-state index < -0.39 is 42.0 Å². The minimum Gasteiger partial charge on any atom is -0.362 e. The molecule has 0 amide bonds. The summed E-state index contributed by atoms with van der Waals surface area (Å²) in [4.78, 5) is 54.8. The van der Waals surface area contributed by atoms with Gasteiger partial charge >= 0.3 is 18.5 Å². The Hall–Kier alpha value is -12.8. The number of pyridine rings is 2. The number of alkyl halides is 9. The number of hydrogen-bond donors (Lipinski definition) is 3. The number of aromatic nitrogens is 16. The molecule has 572 valence electrons. The highest BCUT2D eigenvalue weighted by Crippen LogP contribution is 2.38. The molecule has 0 saturated carbocycles. The van der Waals surface area contributed by atoms with Crippen molar-refractivity contribution in [2.45, 2.75) is 92.2 Å². The van der Waals surface area contributed by atoms with E-state index in [-0.39, 0.29) is 35.2 Å². The number of anilines is 2. The van der Waals surface area contributed by atoms with Crippen molar-refractivity contribution in [1.29, 1.82) is 0 Å². The lowest BCUT2D eigenvalue weighted by Crippen LogP contribution is -2.37. The van der Waals surface area contributed by atoms with Gasteiger partial charge in [0.25, 0.3) is 11.1 Å². The molecule has 2 aliphatic heterocycles. The van der Waals surface area contributed by atoms with Gasteiger partial charge in [-0.1, -0.05) is 96.0 Å². The van der Waals surface area contributed by atoms with Crippen LogP contribution in [0.1, 0.15) is 83.3 Å². The summed E-state index contributed by atoms with van der Waals surface area (Å²) in [6, 6.07) is 40.0. The number of rotatable bonds is 6. The van der Waals surface area contributed by atoms with Crippen LogP contribution in [0.15, 0.2) is 193 Å². The maximum absolute atomic E-state index is 13.6. The molecule has 2 atom stereocenters. The predicted octanol–water partition coefficient (Wildman–Crippen LogP) is 16.8. The van der Waals surface area contributed by atoms with Crippen LogP contribution >= 0.6 is 23.2 Å². The second-order valence-electron chi connectivity index (χ2n) is 25.5. The second-order valence-corrected chi connectivity index (χ2v) is 26.3. The number of hydrogen-bond acceptors (Lipinski definition) is 17. The average molecular weight is 1570 g/mol. The summed E-state index contributed by atoms with van der Waals surface area (Å²) in [7, 11) is 0. The minimum absolute atomic E-state index is 0.0717. The van der Waals surface area contributed by atoms with Gasteiger partial charge in [0.15, 0.2) is 28.7 Å². The zero-order valence-electron chi connectivity index (χ0n) is 60.4. The number of hydrazine groups is 1. The fraction of sp³-hybridized carbons (Fsp3) is 0.208. The minimum atomic E-state index is -4.56. The summed E-state index contributed by atoms with van der Waals surface area (Å²) in [6.45, 7) is 28.3. The Morgan fingerprint density at radius 1 is 0.527 bits per heavy atom. The molecule has 8 aromatic heterocycles. The van der Waals surface area contributed by atoms with Crippen molar-refractivity contribution in [3.05, 3.63) is 294 Å². The SMILES string of the molecule is CC1CNCc2nnc(C(F)(F)F)n21.Cc1cncc(Cl)n1.Cc1cncc(NN)n1.Cc1cncc2nnc(C(F)(F)F)n12.[C-]#[N+]c1ccc(-c2cccc3c(=O)n(-c4ccc(Cl)cc4)cc(C)c23)cc1.[C-]#[N+]c1ccc(-c2cccc3c(=O)n(-c4ccc(N5Cc6nnc(C(F)(F)F)n6C(C)C5)cc4)cc(C)c23)cc1. The standard InChI is InChI=1S/C30H23F3N6O.C23H15ClN2O.C7H9F3N4.C7H5F3N4.C5H5ClN2.C5H8N4/c1-18-15-38(28(40)25-6-4-5-24(27(18)25)20-7-9-21(34-3)10-8-20)23-13-11-22(12-14-23)37-16-19(2)39-26(17-37)35-36-29(39)30(31,32)33;1-15-14-26(19-12-8-17(24)9-13-19)23(27)21-5-3-4-20(22(15)21)16-6-10-18(25-2)11-7-16;2*1-4-2-11-3-5-12-13-6(14(4)5)7(8,9)10;1-4-2-7-3-5(6)8-4;1-4-2-7-3-5(8-4)9-6/h4-15,19H,16-17H2,1-2H3;3-14H,1H3;4,11H,2-3H2,1H3;2-3H,1H3;2-3H,1H3;2-3H,6H2,1H3,(H,8,9). The fourth-order valence-corrected chi connectivity index (χ4v) is 12.9. The van der Waals surface area contributed by atoms with Crippen LogP contribution < -0.4 is 32.6 Å². The van der Waals surface area contributed by atoms with Gasteiger partial charge in [-0.2, -0.15) is 39.5 Å². The van der Waals surface area contributed by atoms with E-state index in [9.17, 15) is 49.1 Å². The molecule has 0 bridgehead atoms. The summed E-state index contributed by atoms with van der Waals surface area (Å²) >= 11 is 11.4. The van der Waals surface area contributed by atoms with E-state index >= 15 is 0 Å². The molecule has 4 N–H and O–H groups in total. The molecule has 0 fully saturated rings. The monoisotopic (exact) mass is 1570 g/mol. The quantitative estimate of drug-likeness (QED) is 0.0605. The first kappa shape index (κ1) is 80.2. The molecule has 0 radical (unpaired) electrons. The smallest absolute Gasteiger partial charge is 0.362 e. The van der Waals surface area contributed by atoms with E-state index in [4.69, 9.17) is 42.2 Å². The van der Waals surface area contributed by atoms with Crippen LogP contribution in [-0.4, -0.2) is 91.3 Å². The van der Waals surface area contributed by atoms with Gasteiger partial charge in [-0.3, -0.25) is 38.1 Å². The van der Waals surface area contributed by atoms with Gasteiger partial charge < -0.3 is 24.8 Å². The van der Waals surface area contributed by atoms with Crippen molar-refractivity contribution >= 4 is 73.3 Å². The van der Waals surface area contributed by atoms with Crippen molar-refractivity contribution in [3.8, 4) is 33.6 Å². The van der Waals surface area contributed by atoms with Crippen LogP contribution in [0, 0.1) is 47.8 Å². The van der Waals surface area contributed by atoms with Gasteiger partial charge in [0.05, 0.1) is 62.3 Å². The van der Waals surface area contributed by atoms with Gasteiger partial charge in [-0.15, -0.1) is 30.6 Å². The van der Waals surface area contributed by atoms with E-state index in [1.54, 1.807) is 78.0 Å². The second kappa shape index (κ2) is 34.0. The molecule has 2 unspecified atom stereocenters. The first-order valence-corrected chi connectivity index (χ1v) is 34.6. The van der Waals surface area contributed by atoms with Crippen molar-refractivity contribution in [2.75, 3.05) is 23.4 Å². The van der Waals surface area contributed by atoms with Crippen molar-refractivity contribution in [2.24, 2.45) is 5.84 Å². The lowest BCUT2D eigenvalue weighted by molar-refractivity contribution is -0.149. The number of nitrogens with one attached hydrogen (secondary N) is 2. The lowest BCUT2D eigenvalue weighted by atomic mass is 9.96. The molecule has 0 spiro atoms. The van der Waals surface area contributed by atoms with Gasteiger partial charge in [0.2, 0.25) is 17.5 Å². The fourth-order valence-electron chi connectivity index (χ4n) is 12.6. The summed E-state index contributed by atoms with van der Waals surface area (Å²) in [5, 5.41) is 27.4. The number of nitrogen functional groups attached to an aromatic ring is 1. The van der Waals surface area contributed by atoms with Gasteiger partial charge in [-0.05, 0) is 153 Å². The van der Waals surface area contributed by atoms with Crippen LogP contribution in [0.5, 0.6) is 0 Å². The molecule has 0 saturated heterocycles. The largest absolute Gasteiger partial charge is 0.452 e. The molecule has 6 aromatic carbocycles. The van der Waals surface area contributed by atoms with Crippen LogP contribution in [0.3, 0.4) is 0 Å². The summed E-state index contributed by atoms with van der Waals surface area (Å²) in [5.74, 6) is 3.37. The summed E-state index contributed by atoms with van der Waals surface area (Å²) in [6.07, 6.45) is -0.832. The molecule has 24 nitrogen and oxygen atoms in total. The predicted molar refractivity (Wildman–Crippen MR) is 406 cm³/mol. The normalized spacial score (nSPS) is 13.7. The van der Waals surface area contributed by atoms with Gasteiger partial charge in [-0.25, -0.2) is 25.5 Å². The number of halogens is 11. The molecule has 14 aromatic rings. The van der Waals surface area contributed by atoms with E-state index in [1.165, 1.54) is 25.5 Å². The van der Waals surface area contributed by atoms with E-state index in [1.807, 2.05) is 142 Å². The van der Waals surface area contributed by atoms with Crippen LogP contribution in [0.2, 0.25) is 10.2 Å². The van der Waals surface area contributed by atoms with E-state index in [0.29, 0.717) is 75.0 Å². The highest BCUT2D eigenvalue weighted by molar-refractivity contribution is 6.30. The first-order chi connectivity index (χ1) is 53.3. The Morgan fingerprint density at radius 3 is 1.46 bits per heavy atom. The molecule has 16 rings (SSSR count). The molecular formula is C77H65Cl2F9N22O2. The highest BCUT2D eigenvalue weighted by Gasteiger charge is 2.42. The molecule has 112 heavy (non-hydrogen) atoms. The number of nitrogens with zero attached hydrogens (tertiary/aromatic N) is 19. The van der Waals surface area contributed by atoms with Crippen molar-refractivity contribution in [1.82, 2.24) is 83.5 Å². The van der Waals surface area contributed by atoms with E-state index in [0.717, 1.165) is 80.5 Å². The maximum atomic E-state index is 13.6. The zero-order chi connectivity index (χ0) is 80.5. The lowest BCUT2D eigenvalue weighted by Gasteiger charge is -2.34. The highest BCUT2D eigenvalue weighted by atomic mass is 35.5. The Balaban J connectivity index is 0.000000147.